The molecule has 1 aromatic heterocycles. The molecule has 0 saturated heterocycles. The number of ether oxygens (including phenoxy) is 1. The van der Waals surface area contributed by atoms with E-state index in [9.17, 15) is 9.59 Å². The van der Waals surface area contributed by atoms with Crippen LogP contribution in [0.5, 0.6) is 5.75 Å². The summed E-state index contributed by atoms with van der Waals surface area (Å²) >= 11 is 0. The number of amides is 2. The van der Waals surface area contributed by atoms with Crippen LogP contribution in [0.15, 0.2) is 64.5 Å². The number of carbonyl (C=O) groups is 1. The number of aliphatic hydroxyl groups excluding tert-OH is 1. The average Bonchev–Trinajstić information content (AvgIpc) is 3.00. The molecule has 0 spiro atoms. The second-order valence-electron chi connectivity index (χ2n) is 12.1. The van der Waals surface area contributed by atoms with Crippen LogP contribution < -0.4 is 43.4 Å². The van der Waals surface area contributed by atoms with E-state index in [1.54, 1.807) is 18.3 Å². The van der Waals surface area contributed by atoms with Gasteiger partial charge in [0, 0.05) is 43.2 Å². The second kappa shape index (κ2) is 19.1. The van der Waals surface area contributed by atoms with Crippen LogP contribution in [0.4, 0.5) is 10.5 Å². The van der Waals surface area contributed by atoms with Crippen molar-refractivity contribution >= 4 is 17.7 Å². The Kier molecular flexibility index (Phi) is 15.7. The number of hydrogen-bond acceptors (Lipinski definition) is 8. The smallest absolute Gasteiger partial charge is 0.319 e. The number of benzene rings is 2. The molecule has 0 bridgehead atoms. The number of anilines is 1. The number of nitrogens with one attached hydrogen (secondary N) is 4. The third kappa shape index (κ3) is 13.7. The molecule has 1 heterocycles. The number of rotatable bonds is 14. The molecule has 0 fully saturated rings. The van der Waals surface area contributed by atoms with Crippen molar-refractivity contribution in [1.82, 2.24) is 20.6 Å². The summed E-state index contributed by atoms with van der Waals surface area (Å²) in [4.78, 5) is 35.3. The Morgan fingerprint density at radius 3 is 2.39 bits per heavy atom. The van der Waals surface area contributed by atoms with Gasteiger partial charge in [0.15, 0.2) is 5.96 Å². The molecule has 0 aliphatic rings. The molecular formula is C33H51N9O4. The number of aliphatic imine (C=N–C) groups is 1. The predicted molar refractivity (Wildman–Crippen MR) is 185 cm³/mol. The van der Waals surface area contributed by atoms with E-state index in [1.807, 2.05) is 71.0 Å². The zero-order valence-electron chi connectivity index (χ0n) is 27.6. The van der Waals surface area contributed by atoms with Gasteiger partial charge >= 0.3 is 6.03 Å². The van der Waals surface area contributed by atoms with Crippen LogP contribution in [0.2, 0.25) is 0 Å². The summed E-state index contributed by atoms with van der Waals surface area (Å²) in [5, 5.41) is 17.9. The number of H-pyrrole nitrogens is 1. The Morgan fingerprint density at radius 1 is 1.11 bits per heavy atom. The molecule has 1 unspecified atom stereocenters. The molecule has 11 N–H and O–H groups in total. The SMILES string of the molecule is CC(C)(C)c1ncc(-c2ccc(CNCCCN=C(N)N)cc2)c(=O)[nH]1.CC(C)NC(=O)Nc1ccccc1OCC(CN)CO. The number of nitrogens with zero attached hydrogens (tertiary/aromatic N) is 2. The van der Waals surface area contributed by atoms with Gasteiger partial charge in [0.2, 0.25) is 0 Å². The van der Waals surface area contributed by atoms with Gasteiger partial charge in [-0.1, -0.05) is 57.2 Å². The van der Waals surface area contributed by atoms with Crippen LogP contribution in [0.25, 0.3) is 11.1 Å². The maximum absolute atomic E-state index is 12.4. The number of guanidine groups is 1. The summed E-state index contributed by atoms with van der Waals surface area (Å²) in [6.07, 6.45) is 2.52. The van der Waals surface area contributed by atoms with Gasteiger partial charge in [0.05, 0.1) is 24.5 Å². The third-order valence-corrected chi connectivity index (χ3v) is 6.53. The first-order chi connectivity index (χ1) is 21.8. The minimum atomic E-state index is -0.284. The number of urea groups is 1. The van der Waals surface area contributed by atoms with Crippen molar-refractivity contribution in [3.05, 3.63) is 76.5 Å². The summed E-state index contributed by atoms with van der Waals surface area (Å²) in [6, 6.07) is 14.8. The fraction of sp³-hybridized carbons (Fsp3) is 0.455. The number of para-hydroxylation sites is 2. The zero-order chi connectivity index (χ0) is 34.1. The zero-order valence-corrected chi connectivity index (χ0v) is 27.6. The van der Waals surface area contributed by atoms with Crippen molar-refractivity contribution < 1.29 is 14.6 Å². The van der Waals surface area contributed by atoms with Gasteiger partial charge in [0.25, 0.3) is 5.56 Å². The molecular weight excluding hydrogens is 586 g/mol. The number of nitrogens with two attached hydrogens (primary N) is 3. The van der Waals surface area contributed by atoms with Gasteiger partial charge in [-0.25, -0.2) is 9.78 Å². The number of aromatic amines is 1. The standard InChI is InChI=1S/C19H28N6O.C14H23N3O3/c1-19(2,3)17-24-12-15(16(26)25-17)14-7-5-13(6-8-14)11-22-9-4-10-23-18(20)21;1-10(2)16-14(19)17-12-5-3-4-6-13(12)20-9-11(7-15)8-18/h5-8,12,22H,4,9-11H2,1-3H3,(H4,20,21,23)(H,24,25,26);3-6,10-11,18H,7-9,15H2,1-2H3,(H2,16,17,19). The van der Waals surface area contributed by atoms with E-state index >= 15 is 0 Å². The maximum atomic E-state index is 12.4. The monoisotopic (exact) mass is 637 g/mol. The van der Waals surface area contributed by atoms with Crippen LogP contribution in [-0.4, -0.2) is 66.0 Å². The van der Waals surface area contributed by atoms with Gasteiger partial charge in [-0.3, -0.25) is 9.79 Å². The molecule has 13 heteroatoms. The molecule has 0 radical (unpaired) electrons. The van der Waals surface area contributed by atoms with E-state index in [4.69, 9.17) is 27.0 Å². The van der Waals surface area contributed by atoms with Crippen LogP contribution in [-0.2, 0) is 12.0 Å². The summed E-state index contributed by atoms with van der Waals surface area (Å²) in [6.45, 7) is 12.6. The molecule has 13 nitrogen and oxygen atoms in total. The van der Waals surface area contributed by atoms with Gasteiger partial charge in [-0.05, 0) is 50.1 Å². The fourth-order valence-electron chi connectivity index (χ4n) is 3.95. The van der Waals surface area contributed by atoms with Crippen LogP contribution in [0, 0.1) is 5.92 Å². The average molecular weight is 638 g/mol. The Bertz CT molecular complexity index is 1430. The number of aliphatic hydroxyl groups is 1. The number of aromatic nitrogens is 2. The van der Waals surface area contributed by atoms with Crippen molar-refractivity contribution in [2.45, 2.75) is 59.0 Å². The van der Waals surface area contributed by atoms with Crippen molar-refractivity contribution in [2.75, 3.05) is 38.2 Å². The first-order valence-electron chi connectivity index (χ1n) is 15.4. The molecule has 0 aliphatic heterocycles. The lowest BCUT2D eigenvalue weighted by molar-refractivity contribution is 0.168. The third-order valence-electron chi connectivity index (χ3n) is 6.53. The molecule has 0 aliphatic carbocycles. The summed E-state index contributed by atoms with van der Waals surface area (Å²) < 4.78 is 5.60. The first kappa shape index (κ1) is 37.7. The van der Waals surface area contributed by atoms with Crippen molar-refractivity contribution in [1.29, 1.82) is 0 Å². The van der Waals surface area contributed by atoms with Crippen LogP contribution >= 0.6 is 0 Å². The summed E-state index contributed by atoms with van der Waals surface area (Å²) in [7, 11) is 0. The Balaban J connectivity index is 0.000000332. The van der Waals surface area contributed by atoms with E-state index in [1.165, 1.54) is 0 Å². The van der Waals surface area contributed by atoms with Crippen molar-refractivity contribution in [2.24, 2.45) is 28.1 Å². The van der Waals surface area contributed by atoms with Crippen LogP contribution in [0.3, 0.4) is 0 Å². The molecule has 2 amide bonds. The van der Waals surface area contributed by atoms with E-state index in [2.05, 4.69) is 30.9 Å². The molecule has 3 aromatic rings. The molecule has 252 valence electrons. The fourth-order valence-corrected chi connectivity index (χ4v) is 3.95. The van der Waals surface area contributed by atoms with Crippen LogP contribution in [0.1, 0.15) is 52.4 Å². The second-order valence-corrected chi connectivity index (χ2v) is 12.1. The first-order valence-corrected chi connectivity index (χ1v) is 15.4. The Morgan fingerprint density at radius 2 is 1.80 bits per heavy atom. The highest BCUT2D eigenvalue weighted by atomic mass is 16.5. The summed E-state index contributed by atoms with van der Waals surface area (Å²) in [5.41, 5.74) is 18.9. The number of hydrogen-bond donors (Lipinski definition) is 8. The lowest BCUT2D eigenvalue weighted by Gasteiger charge is -2.17. The summed E-state index contributed by atoms with van der Waals surface area (Å²) in [5.74, 6) is 1.25. The highest BCUT2D eigenvalue weighted by Crippen LogP contribution is 2.24. The minimum Gasteiger partial charge on any atom is -0.491 e. The van der Waals surface area contributed by atoms with Crippen molar-refractivity contribution in [3.8, 4) is 16.9 Å². The largest absolute Gasteiger partial charge is 0.491 e. The van der Waals surface area contributed by atoms with Gasteiger partial charge in [-0.15, -0.1) is 0 Å². The van der Waals surface area contributed by atoms with Gasteiger partial charge < -0.3 is 48.0 Å². The molecule has 3 rings (SSSR count). The molecule has 1 atom stereocenters. The maximum Gasteiger partial charge on any atom is 0.319 e. The normalized spacial score (nSPS) is 11.7. The highest BCUT2D eigenvalue weighted by Gasteiger charge is 2.17. The lowest BCUT2D eigenvalue weighted by atomic mass is 9.95. The minimum absolute atomic E-state index is 0.0278. The van der Waals surface area contributed by atoms with E-state index in [0.717, 1.165) is 30.6 Å². The molecule has 0 saturated carbocycles. The van der Waals surface area contributed by atoms with Gasteiger partial charge in [0.1, 0.15) is 11.6 Å². The van der Waals surface area contributed by atoms with E-state index < -0.39 is 0 Å². The topological polar surface area (TPSA) is 219 Å². The number of carbonyl (C=O) groups excluding carboxylic acids is 1. The lowest BCUT2D eigenvalue weighted by Crippen LogP contribution is -2.34. The highest BCUT2D eigenvalue weighted by molar-refractivity contribution is 5.91. The van der Waals surface area contributed by atoms with Crippen molar-refractivity contribution in [3.63, 3.8) is 0 Å². The van der Waals surface area contributed by atoms with Gasteiger partial charge in [-0.2, -0.15) is 0 Å². The predicted octanol–water partition coefficient (Wildman–Crippen LogP) is 2.65. The Labute approximate surface area is 271 Å². The Hall–Kier alpha value is -4.46. The quantitative estimate of drug-likeness (QED) is 0.0739. The van der Waals surface area contributed by atoms with E-state index in [-0.39, 0.29) is 41.5 Å². The molecule has 2 aromatic carbocycles. The molecule has 46 heavy (non-hydrogen) atoms. The van der Waals surface area contributed by atoms with E-state index in [0.29, 0.717) is 42.5 Å².